The maximum Gasteiger partial charge on any atom is 0.0620 e. The van der Waals surface area contributed by atoms with Gasteiger partial charge in [0, 0.05) is 24.6 Å². The van der Waals surface area contributed by atoms with Crippen LogP contribution >= 0.6 is 0 Å². The van der Waals surface area contributed by atoms with E-state index in [0.29, 0.717) is 6.04 Å². The van der Waals surface area contributed by atoms with E-state index in [9.17, 15) is 5.11 Å². The molecule has 3 heteroatoms. The van der Waals surface area contributed by atoms with E-state index in [4.69, 9.17) is 4.74 Å². The molecule has 84 valence electrons. The fourth-order valence-electron chi connectivity index (χ4n) is 1.64. The highest BCUT2D eigenvalue weighted by molar-refractivity contribution is 4.83. The zero-order valence-electron chi connectivity index (χ0n) is 9.55. The van der Waals surface area contributed by atoms with Crippen molar-refractivity contribution in [1.29, 1.82) is 0 Å². The molecule has 0 saturated carbocycles. The molecule has 3 atom stereocenters. The third-order valence-corrected chi connectivity index (χ3v) is 3.54. The summed E-state index contributed by atoms with van der Waals surface area (Å²) >= 11 is 0. The van der Waals surface area contributed by atoms with E-state index in [-0.39, 0.29) is 11.5 Å². The van der Waals surface area contributed by atoms with Crippen LogP contribution in [-0.4, -0.2) is 37.0 Å². The van der Waals surface area contributed by atoms with Gasteiger partial charge >= 0.3 is 0 Å². The molecule has 0 aromatic carbocycles. The molecule has 1 heterocycles. The Morgan fingerprint density at radius 3 is 2.79 bits per heavy atom. The molecule has 1 fully saturated rings. The van der Waals surface area contributed by atoms with Gasteiger partial charge in [0.05, 0.1) is 12.7 Å². The van der Waals surface area contributed by atoms with Gasteiger partial charge in [-0.05, 0) is 19.8 Å². The lowest BCUT2D eigenvalue weighted by molar-refractivity contribution is 0.0465. The van der Waals surface area contributed by atoms with Crippen molar-refractivity contribution in [2.45, 2.75) is 45.8 Å². The molecule has 0 radical (unpaired) electrons. The summed E-state index contributed by atoms with van der Waals surface area (Å²) in [5.74, 6) is 0. The minimum Gasteiger partial charge on any atom is -0.393 e. The monoisotopic (exact) mass is 201 g/mol. The Morgan fingerprint density at radius 1 is 1.64 bits per heavy atom. The van der Waals surface area contributed by atoms with Crippen LogP contribution in [0.25, 0.3) is 0 Å². The van der Waals surface area contributed by atoms with Gasteiger partial charge in [0.15, 0.2) is 0 Å². The van der Waals surface area contributed by atoms with Crippen molar-refractivity contribution in [2.24, 2.45) is 5.41 Å². The van der Waals surface area contributed by atoms with Crippen LogP contribution in [-0.2, 0) is 4.74 Å². The summed E-state index contributed by atoms with van der Waals surface area (Å²) in [6.07, 6.45) is 1.83. The van der Waals surface area contributed by atoms with Crippen LogP contribution in [0, 0.1) is 5.41 Å². The Morgan fingerprint density at radius 2 is 2.36 bits per heavy atom. The fourth-order valence-corrected chi connectivity index (χ4v) is 1.64. The van der Waals surface area contributed by atoms with Crippen molar-refractivity contribution >= 4 is 0 Å². The van der Waals surface area contributed by atoms with E-state index in [1.165, 1.54) is 0 Å². The molecule has 1 aliphatic heterocycles. The standard InChI is InChI=1S/C11H23NO2/c1-4-11(3,9(2)13)8-12-10-5-6-14-7-10/h9-10,12-13H,4-8H2,1-3H3. The Hall–Kier alpha value is -0.120. The first kappa shape index (κ1) is 12.0. The maximum absolute atomic E-state index is 9.67. The van der Waals surface area contributed by atoms with Crippen molar-refractivity contribution in [3.8, 4) is 0 Å². The van der Waals surface area contributed by atoms with Crippen LogP contribution in [0.1, 0.15) is 33.6 Å². The predicted molar refractivity (Wildman–Crippen MR) is 57.3 cm³/mol. The summed E-state index contributed by atoms with van der Waals surface area (Å²) in [5.41, 5.74) is -0.0113. The molecular weight excluding hydrogens is 178 g/mol. The molecule has 3 unspecified atom stereocenters. The fraction of sp³-hybridized carbons (Fsp3) is 1.00. The van der Waals surface area contributed by atoms with Gasteiger partial charge in [0.1, 0.15) is 0 Å². The maximum atomic E-state index is 9.67. The molecular formula is C11H23NO2. The molecule has 14 heavy (non-hydrogen) atoms. The van der Waals surface area contributed by atoms with E-state index in [2.05, 4.69) is 19.2 Å². The summed E-state index contributed by atoms with van der Waals surface area (Å²) in [6.45, 7) is 8.68. The summed E-state index contributed by atoms with van der Waals surface area (Å²) < 4.78 is 5.29. The molecule has 3 nitrogen and oxygen atoms in total. The summed E-state index contributed by atoms with van der Waals surface area (Å²) in [4.78, 5) is 0. The molecule has 2 N–H and O–H groups in total. The lowest BCUT2D eigenvalue weighted by atomic mass is 9.82. The van der Waals surface area contributed by atoms with Crippen LogP contribution in [0.4, 0.5) is 0 Å². The van der Waals surface area contributed by atoms with E-state index >= 15 is 0 Å². The third kappa shape index (κ3) is 2.94. The number of nitrogens with one attached hydrogen (secondary N) is 1. The minimum atomic E-state index is -0.262. The number of aliphatic hydroxyl groups excluding tert-OH is 1. The number of ether oxygens (including phenoxy) is 1. The topological polar surface area (TPSA) is 41.5 Å². The second-order valence-corrected chi connectivity index (χ2v) is 4.62. The zero-order valence-corrected chi connectivity index (χ0v) is 9.55. The molecule has 1 aliphatic rings. The number of hydrogen-bond acceptors (Lipinski definition) is 3. The average molecular weight is 201 g/mol. The van der Waals surface area contributed by atoms with Gasteiger partial charge in [-0.3, -0.25) is 0 Å². The van der Waals surface area contributed by atoms with Crippen molar-refractivity contribution < 1.29 is 9.84 Å². The minimum absolute atomic E-state index is 0.0113. The molecule has 1 rings (SSSR count). The van der Waals surface area contributed by atoms with Crippen molar-refractivity contribution in [3.05, 3.63) is 0 Å². The second-order valence-electron chi connectivity index (χ2n) is 4.62. The van der Waals surface area contributed by atoms with Gasteiger partial charge < -0.3 is 15.2 Å². The van der Waals surface area contributed by atoms with E-state index in [0.717, 1.165) is 32.6 Å². The van der Waals surface area contributed by atoms with Gasteiger partial charge in [0.25, 0.3) is 0 Å². The molecule has 0 spiro atoms. The summed E-state index contributed by atoms with van der Waals surface area (Å²) in [5, 5.41) is 13.1. The highest BCUT2D eigenvalue weighted by atomic mass is 16.5. The number of aliphatic hydroxyl groups is 1. The van der Waals surface area contributed by atoms with E-state index in [1.807, 2.05) is 6.92 Å². The van der Waals surface area contributed by atoms with Crippen LogP contribution in [0.2, 0.25) is 0 Å². The predicted octanol–water partition coefficient (Wildman–Crippen LogP) is 1.16. The Balaban J connectivity index is 2.32. The van der Waals surface area contributed by atoms with Gasteiger partial charge in [-0.1, -0.05) is 13.8 Å². The second kappa shape index (κ2) is 5.10. The Kier molecular flexibility index (Phi) is 4.35. The molecule has 0 aromatic rings. The van der Waals surface area contributed by atoms with Gasteiger partial charge in [-0.15, -0.1) is 0 Å². The van der Waals surface area contributed by atoms with Crippen molar-refractivity contribution in [1.82, 2.24) is 5.32 Å². The third-order valence-electron chi connectivity index (χ3n) is 3.54. The highest BCUT2D eigenvalue weighted by Gasteiger charge is 2.29. The molecule has 0 aliphatic carbocycles. The average Bonchev–Trinajstić information content (AvgIpc) is 2.66. The summed E-state index contributed by atoms with van der Waals surface area (Å²) in [7, 11) is 0. The van der Waals surface area contributed by atoms with E-state index in [1.54, 1.807) is 0 Å². The van der Waals surface area contributed by atoms with Crippen molar-refractivity contribution in [3.63, 3.8) is 0 Å². The molecule has 1 saturated heterocycles. The van der Waals surface area contributed by atoms with Gasteiger partial charge in [0.2, 0.25) is 0 Å². The van der Waals surface area contributed by atoms with Crippen LogP contribution in [0.5, 0.6) is 0 Å². The first-order valence-corrected chi connectivity index (χ1v) is 5.57. The van der Waals surface area contributed by atoms with Crippen molar-refractivity contribution in [2.75, 3.05) is 19.8 Å². The zero-order chi connectivity index (χ0) is 10.6. The van der Waals surface area contributed by atoms with Crippen LogP contribution < -0.4 is 5.32 Å². The lowest BCUT2D eigenvalue weighted by Crippen LogP contribution is -2.43. The molecule has 0 aromatic heterocycles. The SMILES string of the molecule is CCC(C)(CNC1CCOC1)C(C)O. The smallest absolute Gasteiger partial charge is 0.0620 e. The Labute approximate surface area is 86.8 Å². The molecule has 0 amide bonds. The van der Waals surface area contributed by atoms with Gasteiger partial charge in [-0.2, -0.15) is 0 Å². The van der Waals surface area contributed by atoms with E-state index < -0.39 is 0 Å². The van der Waals surface area contributed by atoms with Crippen LogP contribution in [0.15, 0.2) is 0 Å². The quantitative estimate of drug-likeness (QED) is 0.701. The highest BCUT2D eigenvalue weighted by Crippen LogP contribution is 2.25. The van der Waals surface area contributed by atoms with Gasteiger partial charge in [-0.25, -0.2) is 0 Å². The number of hydrogen-bond donors (Lipinski definition) is 2. The Bertz CT molecular complexity index is 167. The lowest BCUT2D eigenvalue weighted by Gasteiger charge is -2.32. The molecule has 0 bridgehead atoms. The van der Waals surface area contributed by atoms with Crippen LogP contribution in [0.3, 0.4) is 0 Å². The summed E-state index contributed by atoms with van der Waals surface area (Å²) in [6, 6.07) is 0.486. The first-order chi connectivity index (χ1) is 6.58. The largest absolute Gasteiger partial charge is 0.393 e. The number of rotatable bonds is 5. The first-order valence-electron chi connectivity index (χ1n) is 5.57. The normalized spacial score (nSPS) is 28.7.